The van der Waals surface area contributed by atoms with Crippen LogP contribution in [-0.4, -0.2) is 52.1 Å². The number of carbonyl (C=O) groups excluding carboxylic acids is 1. The lowest BCUT2D eigenvalue weighted by atomic mass is 9.93. The molecular weight excluding hydrogens is 428 g/mol. The number of carbonyl (C=O) groups is 1. The van der Waals surface area contributed by atoms with E-state index in [4.69, 9.17) is 9.84 Å². The highest BCUT2D eigenvalue weighted by Crippen LogP contribution is 2.32. The van der Waals surface area contributed by atoms with Crippen LogP contribution in [0.5, 0.6) is 5.75 Å². The molecule has 1 aliphatic carbocycles. The predicted molar refractivity (Wildman–Crippen MR) is 133 cm³/mol. The van der Waals surface area contributed by atoms with Gasteiger partial charge in [-0.25, -0.2) is 4.68 Å². The van der Waals surface area contributed by atoms with Gasteiger partial charge < -0.3 is 15.0 Å². The molecule has 1 saturated heterocycles. The molecule has 8 nitrogen and oxygen atoms in total. The minimum Gasteiger partial charge on any atom is -0.497 e. The lowest BCUT2D eigenvalue weighted by Gasteiger charge is -2.34. The van der Waals surface area contributed by atoms with Crippen LogP contribution in [0.4, 0.5) is 5.82 Å². The van der Waals surface area contributed by atoms with Gasteiger partial charge in [0.05, 0.1) is 35.5 Å². The number of aromatic nitrogens is 4. The van der Waals surface area contributed by atoms with E-state index in [1.807, 2.05) is 35.9 Å². The predicted octanol–water partition coefficient (Wildman–Crippen LogP) is 4.11. The lowest BCUT2D eigenvalue weighted by molar-refractivity contribution is -0.126. The molecule has 5 rings (SSSR count). The van der Waals surface area contributed by atoms with Gasteiger partial charge in [-0.3, -0.25) is 4.79 Å². The number of ether oxygens (including phenoxy) is 1. The Labute approximate surface area is 200 Å². The van der Waals surface area contributed by atoms with Gasteiger partial charge in [0.2, 0.25) is 5.91 Å². The number of hydrogen-bond donors (Lipinski definition) is 1. The van der Waals surface area contributed by atoms with Crippen molar-refractivity contribution in [3.63, 3.8) is 0 Å². The third-order valence-corrected chi connectivity index (χ3v) is 7.34. The summed E-state index contributed by atoms with van der Waals surface area (Å²) in [5.74, 6) is 1.74. The van der Waals surface area contributed by atoms with Gasteiger partial charge in [-0.15, -0.1) is 5.10 Å². The lowest BCUT2D eigenvalue weighted by Crippen LogP contribution is -2.46. The van der Waals surface area contributed by atoms with E-state index < -0.39 is 0 Å². The quantitative estimate of drug-likeness (QED) is 0.614. The SMILES string of the molecule is COc1ccc(-n2nc3c(N4CCCC(C(=O)NC5CCCCC5)C4)nnc(C)c3c2C)cc1. The third kappa shape index (κ3) is 4.33. The van der Waals surface area contributed by atoms with E-state index in [-0.39, 0.29) is 11.8 Å². The van der Waals surface area contributed by atoms with Crippen molar-refractivity contribution in [3.8, 4) is 11.4 Å². The number of rotatable bonds is 5. The normalized spacial score (nSPS) is 19.4. The molecule has 1 atom stereocenters. The van der Waals surface area contributed by atoms with Crippen LogP contribution in [0.1, 0.15) is 56.3 Å². The fraction of sp³-hybridized carbons (Fsp3) is 0.538. The third-order valence-electron chi connectivity index (χ3n) is 7.34. The molecule has 0 spiro atoms. The maximum atomic E-state index is 13.1. The first-order valence-electron chi connectivity index (χ1n) is 12.5. The van der Waals surface area contributed by atoms with E-state index in [0.717, 1.165) is 71.8 Å². The molecule has 0 bridgehead atoms. The fourth-order valence-corrected chi connectivity index (χ4v) is 5.45. The highest BCUT2D eigenvalue weighted by atomic mass is 16.5. The summed E-state index contributed by atoms with van der Waals surface area (Å²) in [6.07, 6.45) is 7.80. The van der Waals surface area contributed by atoms with Crippen molar-refractivity contribution in [2.24, 2.45) is 5.92 Å². The molecule has 1 N–H and O–H groups in total. The molecule has 1 saturated carbocycles. The Kier molecular flexibility index (Phi) is 6.39. The topological polar surface area (TPSA) is 85.2 Å². The second-order valence-electron chi connectivity index (χ2n) is 9.66. The number of hydrogen-bond acceptors (Lipinski definition) is 6. The van der Waals surface area contributed by atoms with Crippen LogP contribution >= 0.6 is 0 Å². The van der Waals surface area contributed by atoms with Crippen molar-refractivity contribution < 1.29 is 9.53 Å². The van der Waals surface area contributed by atoms with Crippen LogP contribution in [0.15, 0.2) is 24.3 Å². The van der Waals surface area contributed by atoms with E-state index in [9.17, 15) is 4.79 Å². The van der Waals surface area contributed by atoms with Crippen molar-refractivity contribution in [1.82, 2.24) is 25.3 Å². The maximum Gasteiger partial charge on any atom is 0.225 e. The first-order valence-corrected chi connectivity index (χ1v) is 12.5. The van der Waals surface area contributed by atoms with Crippen LogP contribution in [0.3, 0.4) is 0 Å². The fourth-order valence-electron chi connectivity index (χ4n) is 5.45. The molecular formula is C26H34N6O2. The molecule has 0 radical (unpaired) electrons. The maximum absolute atomic E-state index is 13.1. The molecule has 1 aliphatic heterocycles. The van der Waals surface area contributed by atoms with Gasteiger partial charge in [0.15, 0.2) is 5.82 Å². The molecule has 2 aromatic heterocycles. The summed E-state index contributed by atoms with van der Waals surface area (Å²) in [4.78, 5) is 15.3. The number of piperidine rings is 1. The second kappa shape index (κ2) is 9.60. The zero-order chi connectivity index (χ0) is 23.7. The monoisotopic (exact) mass is 462 g/mol. The van der Waals surface area contributed by atoms with Gasteiger partial charge in [0.25, 0.3) is 0 Å². The average Bonchev–Trinajstić information content (AvgIpc) is 3.23. The summed E-state index contributed by atoms with van der Waals surface area (Å²) in [5, 5.41) is 18.3. The number of anilines is 1. The highest BCUT2D eigenvalue weighted by Gasteiger charge is 2.30. The average molecular weight is 463 g/mol. The summed E-state index contributed by atoms with van der Waals surface area (Å²) in [6.45, 7) is 5.55. The summed E-state index contributed by atoms with van der Waals surface area (Å²) >= 11 is 0. The van der Waals surface area contributed by atoms with Gasteiger partial charge in [-0.2, -0.15) is 10.2 Å². The van der Waals surface area contributed by atoms with Crippen molar-refractivity contribution >= 4 is 22.6 Å². The largest absolute Gasteiger partial charge is 0.497 e. The van der Waals surface area contributed by atoms with Gasteiger partial charge in [-0.05, 0) is 63.8 Å². The van der Waals surface area contributed by atoms with E-state index in [2.05, 4.69) is 27.3 Å². The first-order chi connectivity index (χ1) is 16.5. The van der Waals surface area contributed by atoms with Crippen LogP contribution < -0.4 is 15.0 Å². The standard InChI is InChI=1S/C26H34N6O2/c1-17-23-18(2)32(21-11-13-22(34-3)14-12-21)30-24(23)25(29-28-17)31-15-7-8-19(16-31)26(33)27-20-9-5-4-6-10-20/h11-14,19-20H,4-10,15-16H2,1-3H3,(H,27,33). The van der Waals surface area contributed by atoms with Crippen LogP contribution in [0.25, 0.3) is 16.6 Å². The number of benzene rings is 1. The van der Waals surface area contributed by atoms with Gasteiger partial charge >= 0.3 is 0 Å². The number of aryl methyl sites for hydroxylation is 2. The molecule has 1 amide bonds. The Bertz CT molecular complexity index is 1170. The van der Waals surface area contributed by atoms with E-state index >= 15 is 0 Å². The van der Waals surface area contributed by atoms with Crippen LogP contribution in [0.2, 0.25) is 0 Å². The van der Waals surface area contributed by atoms with Gasteiger partial charge in [-0.1, -0.05) is 19.3 Å². The van der Waals surface area contributed by atoms with Crippen molar-refractivity contribution in [2.75, 3.05) is 25.1 Å². The molecule has 8 heteroatoms. The molecule has 3 aromatic rings. The van der Waals surface area contributed by atoms with Crippen molar-refractivity contribution in [1.29, 1.82) is 0 Å². The van der Waals surface area contributed by atoms with Crippen LogP contribution in [-0.2, 0) is 4.79 Å². The van der Waals surface area contributed by atoms with Crippen LogP contribution in [0, 0.1) is 19.8 Å². The number of nitrogens with zero attached hydrogens (tertiary/aromatic N) is 5. The summed E-state index contributed by atoms with van der Waals surface area (Å²) in [7, 11) is 1.66. The zero-order valence-electron chi connectivity index (χ0n) is 20.4. The first kappa shape index (κ1) is 22.6. The van der Waals surface area contributed by atoms with E-state index in [1.54, 1.807) is 7.11 Å². The Hall–Kier alpha value is -3.16. The molecule has 1 unspecified atom stereocenters. The zero-order valence-corrected chi connectivity index (χ0v) is 20.4. The Morgan fingerprint density at radius 3 is 2.53 bits per heavy atom. The summed E-state index contributed by atoms with van der Waals surface area (Å²) in [6, 6.07) is 8.21. The second-order valence-corrected chi connectivity index (χ2v) is 9.66. The number of nitrogens with one attached hydrogen (secondary N) is 1. The highest BCUT2D eigenvalue weighted by molar-refractivity contribution is 5.92. The molecule has 2 aliphatic rings. The minimum absolute atomic E-state index is 0.0291. The number of amides is 1. The van der Waals surface area contributed by atoms with E-state index in [0.29, 0.717) is 12.6 Å². The number of methoxy groups -OCH3 is 1. The number of fused-ring (bicyclic) bond motifs is 1. The van der Waals surface area contributed by atoms with Gasteiger partial charge in [0, 0.05) is 19.1 Å². The summed E-state index contributed by atoms with van der Waals surface area (Å²) in [5.41, 5.74) is 3.69. The molecule has 2 fully saturated rings. The Balaban J connectivity index is 1.42. The Morgan fingerprint density at radius 2 is 1.79 bits per heavy atom. The van der Waals surface area contributed by atoms with Crippen molar-refractivity contribution in [3.05, 3.63) is 35.7 Å². The molecule has 34 heavy (non-hydrogen) atoms. The molecule has 1 aromatic carbocycles. The van der Waals surface area contributed by atoms with E-state index in [1.165, 1.54) is 19.3 Å². The minimum atomic E-state index is -0.0291. The van der Waals surface area contributed by atoms with Gasteiger partial charge in [0.1, 0.15) is 11.3 Å². The smallest absolute Gasteiger partial charge is 0.225 e. The molecule has 3 heterocycles. The summed E-state index contributed by atoms with van der Waals surface area (Å²) < 4.78 is 7.25. The van der Waals surface area contributed by atoms with Crippen molar-refractivity contribution in [2.45, 2.75) is 64.8 Å². The molecule has 180 valence electrons. The Morgan fingerprint density at radius 1 is 1.03 bits per heavy atom.